The van der Waals surface area contributed by atoms with Crippen LogP contribution in [-0.4, -0.2) is 25.2 Å². The summed E-state index contributed by atoms with van der Waals surface area (Å²) in [6.45, 7) is 4.92. The maximum atomic E-state index is 5.72. The van der Waals surface area contributed by atoms with E-state index in [0.29, 0.717) is 16.9 Å². The quantitative estimate of drug-likeness (QED) is 0.713. The fraction of sp³-hybridized carbons (Fsp3) is 1.00. The van der Waals surface area contributed by atoms with Gasteiger partial charge in [0.15, 0.2) is 0 Å². The van der Waals surface area contributed by atoms with E-state index in [1.165, 1.54) is 25.0 Å². The van der Waals surface area contributed by atoms with E-state index < -0.39 is 0 Å². The van der Waals surface area contributed by atoms with Crippen LogP contribution in [0.25, 0.3) is 0 Å². The lowest BCUT2D eigenvalue weighted by atomic mass is 9.69. The van der Waals surface area contributed by atoms with Gasteiger partial charge < -0.3 is 4.74 Å². The molecule has 3 atom stereocenters. The summed E-state index contributed by atoms with van der Waals surface area (Å²) in [5.41, 5.74) is 0.961. The van der Waals surface area contributed by atoms with Crippen LogP contribution in [0.3, 0.4) is 0 Å². The van der Waals surface area contributed by atoms with Crippen LogP contribution in [0.2, 0.25) is 0 Å². The molecular weight excluding hydrogens is 192 g/mol. The fourth-order valence-corrected chi connectivity index (χ4v) is 5.14. The van der Waals surface area contributed by atoms with Gasteiger partial charge in [0.2, 0.25) is 0 Å². The number of rotatable bonds is 3. The third-order valence-corrected chi connectivity index (χ3v) is 5.85. The summed E-state index contributed by atoms with van der Waals surface area (Å²) in [5.74, 6) is 2.18. The number of hydrogen-bond donors (Lipinski definition) is 0. The van der Waals surface area contributed by atoms with Crippen molar-refractivity contribution in [2.75, 3.05) is 19.1 Å². The zero-order chi connectivity index (χ0) is 10.4. The Morgan fingerprint density at radius 2 is 2.14 bits per heavy atom. The predicted octanol–water partition coefficient (Wildman–Crippen LogP) is 3.19. The molecule has 0 amide bonds. The van der Waals surface area contributed by atoms with Crippen molar-refractivity contribution < 1.29 is 4.74 Å². The van der Waals surface area contributed by atoms with Crippen molar-refractivity contribution in [1.29, 1.82) is 0 Å². The zero-order valence-electron chi connectivity index (χ0n) is 9.80. The number of methoxy groups -OCH3 is 1. The minimum atomic E-state index is 0.464. The molecule has 0 aromatic carbocycles. The second-order valence-electron chi connectivity index (χ2n) is 5.51. The highest BCUT2D eigenvalue weighted by Crippen LogP contribution is 2.67. The minimum Gasteiger partial charge on any atom is -0.381 e. The second-order valence-corrected chi connectivity index (χ2v) is 6.37. The van der Waals surface area contributed by atoms with Gasteiger partial charge in [-0.05, 0) is 36.9 Å². The van der Waals surface area contributed by atoms with E-state index in [0.717, 1.165) is 5.92 Å². The van der Waals surface area contributed by atoms with Crippen LogP contribution >= 0.6 is 11.8 Å². The first-order valence-corrected chi connectivity index (χ1v) is 6.99. The Morgan fingerprint density at radius 3 is 2.64 bits per heavy atom. The van der Waals surface area contributed by atoms with E-state index in [-0.39, 0.29) is 0 Å². The smallest absolute Gasteiger partial charge is 0.0643 e. The summed E-state index contributed by atoms with van der Waals surface area (Å²) in [6.07, 6.45) is 6.84. The van der Waals surface area contributed by atoms with Gasteiger partial charge in [0.1, 0.15) is 0 Å². The molecule has 0 radical (unpaired) electrons. The molecule has 2 saturated carbocycles. The summed E-state index contributed by atoms with van der Waals surface area (Å²) in [7, 11) is 1.89. The number of ether oxygens (including phenoxy) is 1. The van der Waals surface area contributed by atoms with Crippen LogP contribution in [0.15, 0.2) is 0 Å². The first-order chi connectivity index (χ1) is 6.58. The van der Waals surface area contributed by atoms with Crippen LogP contribution in [0.4, 0.5) is 0 Å². The molecule has 1 nitrogen and oxygen atoms in total. The van der Waals surface area contributed by atoms with Crippen molar-refractivity contribution in [2.45, 2.75) is 39.2 Å². The third kappa shape index (κ3) is 1.13. The van der Waals surface area contributed by atoms with Crippen LogP contribution in [-0.2, 0) is 4.74 Å². The Bertz CT molecular complexity index is 226. The van der Waals surface area contributed by atoms with Crippen molar-refractivity contribution in [2.24, 2.45) is 16.7 Å². The lowest BCUT2D eigenvalue weighted by molar-refractivity contribution is -0.0166. The average molecular weight is 214 g/mol. The summed E-state index contributed by atoms with van der Waals surface area (Å²) < 4.78 is 5.72. The Morgan fingerprint density at radius 1 is 1.43 bits per heavy atom. The van der Waals surface area contributed by atoms with Gasteiger partial charge in [0, 0.05) is 18.3 Å². The highest BCUT2D eigenvalue weighted by molar-refractivity contribution is 7.98. The number of thioether (sulfide) groups is 1. The third-order valence-electron chi connectivity index (χ3n) is 5.04. The molecule has 14 heavy (non-hydrogen) atoms. The topological polar surface area (TPSA) is 9.23 Å². The molecule has 2 heteroatoms. The molecule has 0 spiro atoms. The van der Waals surface area contributed by atoms with E-state index in [1.54, 1.807) is 0 Å². The molecule has 2 bridgehead atoms. The molecule has 0 N–H and O–H groups in total. The predicted molar refractivity (Wildman–Crippen MR) is 62.7 cm³/mol. The Hall–Kier alpha value is 0.310. The van der Waals surface area contributed by atoms with Gasteiger partial charge in [0.25, 0.3) is 0 Å². The van der Waals surface area contributed by atoms with Gasteiger partial charge in [-0.3, -0.25) is 0 Å². The van der Waals surface area contributed by atoms with E-state index >= 15 is 0 Å². The maximum absolute atomic E-state index is 5.72. The van der Waals surface area contributed by atoms with Gasteiger partial charge in [-0.25, -0.2) is 0 Å². The molecule has 0 saturated heterocycles. The molecule has 0 aromatic rings. The fourth-order valence-electron chi connectivity index (χ4n) is 3.92. The van der Waals surface area contributed by atoms with E-state index in [1.807, 2.05) is 18.9 Å². The number of fused-ring (bicyclic) bond motifs is 2. The van der Waals surface area contributed by atoms with E-state index in [2.05, 4.69) is 20.1 Å². The normalized spacial score (nSPS) is 44.6. The minimum absolute atomic E-state index is 0.464. The van der Waals surface area contributed by atoms with Crippen molar-refractivity contribution in [3.63, 3.8) is 0 Å². The molecule has 2 fully saturated rings. The zero-order valence-corrected chi connectivity index (χ0v) is 10.6. The highest BCUT2D eigenvalue weighted by atomic mass is 32.2. The lowest BCUT2D eigenvalue weighted by Gasteiger charge is -2.41. The average Bonchev–Trinajstić information content (AvgIpc) is 2.51. The molecule has 2 aliphatic rings. The number of hydrogen-bond acceptors (Lipinski definition) is 2. The molecule has 2 rings (SSSR count). The standard InChI is InChI=1S/C12H22OS/c1-11(2)9-5-6-12(11,8-14-4)10(7-9)13-3/h9-10H,5-8H2,1-4H3/t9-,10-,12+/m1/s1. The first-order valence-electron chi connectivity index (χ1n) is 5.60. The van der Waals surface area contributed by atoms with Gasteiger partial charge in [-0.15, -0.1) is 0 Å². The Kier molecular flexibility index (Phi) is 2.64. The van der Waals surface area contributed by atoms with Gasteiger partial charge in [-0.2, -0.15) is 11.8 Å². The summed E-state index contributed by atoms with van der Waals surface area (Å²) in [5, 5.41) is 0. The van der Waals surface area contributed by atoms with Crippen LogP contribution < -0.4 is 0 Å². The van der Waals surface area contributed by atoms with Crippen LogP contribution in [0, 0.1) is 16.7 Å². The summed E-state index contributed by atoms with van der Waals surface area (Å²) in [4.78, 5) is 0. The molecule has 82 valence electrons. The SMILES string of the molecule is CO[C@@H]1C[C@H]2CC[C@@]1(CSC)C2(C)C. The van der Waals surface area contributed by atoms with Gasteiger partial charge in [0.05, 0.1) is 6.10 Å². The van der Waals surface area contributed by atoms with Crippen LogP contribution in [0.5, 0.6) is 0 Å². The van der Waals surface area contributed by atoms with Crippen molar-refractivity contribution >= 4 is 11.8 Å². The molecule has 2 aliphatic carbocycles. The monoisotopic (exact) mass is 214 g/mol. The molecule has 0 unspecified atom stereocenters. The maximum Gasteiger partial charge on any atom is 0.0643 e. The van der Waals surface area contributed by atoms with Crippen molar-refractivity contribution in [3.05, 3.63) is 0 Å². The first kappa shape index (κ1) is 10.8. The largest absolute Gasteiger partial charge is 0.381 e. The molecular formula is C12H22OS. The van der Waals surface area contributed by atoms with Gasteiger partial charge >= 0.3 is 0 Å². The van der Waals surface area contributed by atoms with Crippen molar-refractivity contribution in [1.82, 2.24) is 0 Å². The Labute approximate surface area is 92.0 Å². The molecule has 0 aliphatic heterocycles. The van der Waals surface area contributed by atoms with E-state index in [9.17, 15) is 0 Å². The van der Waals surface area contributed by atoms with Crippen molar-refractivity contribution in [3.8, 4) is 0 Å². The van der Waals surface area contributed by atoms with E-state index in [4.69, 9.17) is 4.74 Å². The summed E-state index contributed by atoms with van der Waals surface area (Å²) in [6, 6.07) is 0. The lowest BCUT2D eigenvalue weighted by Crippen LogP contribution is -2.41. The Balaban J connectivity index is 2.30. The molecule has 0 heterocycles. The molecule has 0 aromatic heterocycles. The second kappa shape index (κ2) is 3.41. The summed E-state index contributed by atoms with van der Waals surface area (Å²) >= 11 is 1.99. The van der Waals surface area contributed by atoms with Crippen LogP contribution in [0.1, 0.15) is 33.1 Å². The van der Waals surface area contributed by atoms with Gasteiger partial charge in [-0.1, -0.05) is 13.8 Å². The highest BCUT2D eigenvalue weighted by Gasteiger charge is 2.63.